The van der Waals surface area contributed by atoms with Crippen molar-refractivity contribution in [2.45, 2.75) is 193 Å². The summed E-state index contributed by atoms with van der Waals surface area (Å²) in [6.07, 6.45) is 52.0. The van der Waals surface area contributed by atoms with E-state index >= 15 is 0 Å². The molecule has 0 amide bonds. The van der Waals surface area contributed by atoms with Crippen LogP contribution in [-0.2, 0) is 28.6 Å². The third kappa shape index (κ3) is 40.0. The number of aliphatic carboxylic acids is 1. The van der Waals surface area contributed by atoms with E-state index < -0.39 is 18.1 Å². The number of carboxylic acids is 1. The van der Waals surface area contributed by atoms with E-state index in [1.165, 1.54) is 70.6 Å². The van der Waals surface area contributed by atoms with Crippen molar-refractivity contribution >= 4 is 17.9 Å². The number of nitrogens with zero attached hydrogens (tertiary/aromatic N) is 1. The van der Waals surface area contributed by atoms with Crippen molar-refractivity contribution in [1.29, 1.82) is 0 Å². The fourth-order valence-corrected chi connectivity index (χ4v) is 6.46. The molecule has 0 saturated heterocycles. The monoisotopic (exact) mass is 826 g/mol. The molecule has 8 nitrogen and oxygen atoms in total. The number of rotatable bonds is 41. The quantitative estimate of drug-likeness (QED) is 0.0199. The van der Waals surface area contributed by atoms with Gasteiger partial charge in [0.2, 0.25) is 0 Å². The average molecular weight is 826 g/mol. The number of unbranched alkanes of at least 4 members (excludes halogenated alkanes) is 18. The van der Waals surface area contributed by atoms with Crippen LogP contribution in [0, 0.1) is 0 Å². The predicted molar refractivity (Wildman–Crippen MR) is 245 cm³/mol. The maximum absolute atomic E-state index is 12.7. The third-order valence-electron chi connectivity index (χ3n) is 10.2. The first-order chi connectivity index (χ1) is 28.6. The number of carboxylic acid groups (broad SMARTS) is 1. The highest BCUT2D eigenvalue weighted by Gasteiger charge is 2.25. The first-order valence-electron chi connectivity index (χ1n) is 23.5. The van der Waals surface area contributed by atoms with E-state index in [1.807, 2.05) is 6.08 Å². The number of carbonyl (C=O) groups excluding carboxylic acids is 3. The molecule has 0 aliphatic carbocycles. The van der Waals surface area contributed by atoms with Crippen molar-refractivity contribution < 1.29 is 38.2 Å². The van der Waals surface area contributed by atoms with Crippen molar-refractivity contribution in [2.24, 2.45) is 0 Å². The molecular weight excluding hydrogens is 739 g/mol. The summed E-state index contributed by atoms with van der Waals surface area (Å²) in [5.41, 5.74) is 0. The van der Waals surface area contributed by atoms with Gasteiger partial charge in [-0.3, -0.25) is 9.59 Å². The zero-order valence-corrected chi connectivity index (χ0v) is 38.4. The van der Waals surface area contributed by atoms with E-state index in [0.717, 1.165) is 77.0 Å². The summed E-state index contributed by atoms with van der Waals surface area (Å²) < 4.78 is 17.2. The number of likely N-dealkylation sites (N-methyl/N-ethyl adjacent to an activating group) is 1. The number of allylic oxidation sites excluding steroid dienone is 12. The van der Waals surface area contributed by atoms with Crippen molar-refractivity contribution in [2.75, 3.05) is 41.0 Å². The molecule has 0 aromatic carbocycles. The Morgan fingerprint density at radius 2 is 0.966 bits per heavy atom. The van der Waals surface area contributed by atoms with Gasteiger partial charge in [0.25, 0.3) is 0 Å². The van der Waals surface area contributed by atoms with Crippen LogP contribution in [0.3, 0.4) is 0 Å². The zero-order valence-electron chi connectivity index (χ0n) is 38.4. The minimum atomic E-state index is -1.13. The van der Waals surface area contributed by atoms with Crippen LogP contribution in [0.2, 0.25) is 0 Å². The standard InChI is InChI=1S/C51H87NO7/c1-6-8-10-12-14-16-18-20-22-24-26-28-30-32-34-36-38-40-42-50(54)59-47(45-57-44-43-48(51(55)56)52(3,4)5)46-58-49(53)41-39-37-35-33-31-29-27-25-23-21-19-17-15-13-11-9-7-2/h14-18,20-24,26,28,47-48H,6-13,19,25,27,29-46H2,1-5H3/b16-14+,17-15+,20-18+,23-21+,24-22+,28-26+. The molecule has 0 bridgehead atoms. The van der Waals surface area contributed by atoms with Crippen LogP contribution in [0.25, 0.3) is 0 Å². The van der Waals surface area contributed by atoms with Crippen LogP contribution >= 0.6 is 0 Å². The fourth-order valence-electron chi connectivity index (χ4n) is 6.46. The number of carbonyl (C=O) groups is 3. The molecule has 0 saturated carbocycles. The van der Waals surface area contributed by atoms with Crippen molar-refractivity contribution in [3.63, 3.8) is 0 Å². The summed E-state index contributed by atoms with van der Waals surface area (Å²) in [6, 6.07) is -0.735. The van der Waals surface area contributed by atoms with Crippen molar-refractivity contribution in [3.8, 4) is 0 Å². The van der Waals surface area contributed by atoms with Gasteiger partial charge in [-0.15, -0.1) is 0 Å². The Morgan fingerprint density at radius 3 is 1.46 bits per heavy atom. The Bertz CT molecular complexity index is 1190. The molecule has 2 unspecified atom stereocenters. The minimum absolute atomic E-state index is 0.0249. The summed E-state index contributed by atoms with van der Waals surface area (Å²) in [5, 5.41) is 11.6. The molecule has 59 heavy (non-hydrogen) atoms. The van der Waals surface area contributed by atoms with Gasteiger partial charge in [0.1, 0.15) is 12.6 Å². The van der Waals surface area contributed by atoms with Crippen LogP contribution in [0.15, 0.2) is 72.9 Å². The Kier molecular flexibility index (Phi) is 39.2. The number of ether oxygens (including phenoxy) is 3. The Labute approximate surface area is 361 Å². The van der Waals surface area contributed by atoms with E-state index in [0.29, 0.717) is 12.8 Å². The minimum Gasteiger partial charge on any atom is -0.544 e. The van der Waals surface area contributed by atoms with Crippen molar-refractivity contribution in [3.05, 3.63) is 72.9 Å². The Hall–Kier alpha value is -3.23. The first-order valence-corrected chi connectivity index (χ1v) is 23.5. The molecule has 0 aliphatic heterocycles. The molecule has 0 fully saturated rings. The topological polar surface area (TPSA) is 102 Å². The normalized spacial score (nSPS) is 13.6. The molecule has 0 radical (unpaired) electrons. The third-order valence-corrected chi connectivity index (χ3v) is 10.2. The van der Waals surface area contributed by atoms with Crippen LogP contribution in [0.1, 0.15) is 181 Å². The van der Waals surface area contributed by atoms with Gasteiger partial charge >= 0.3 is 11.9 Å². The van der Waals surface area contributed by atoms with Gasteiger partial charge in [-0.05, 0) is 70.6 Å². The molecule has 0 aliphatic rings. The van der Waals surface area contributed by atoms with E-state index in [9.17, 15) is 19.5 Å². The number of hydrogen-bond donors (Lipinski definition) is 0. The highest BCUT2D eigenvalue weighted by atomic mass is 16.6. The molecule has 2 atom stereocenters. The summed E-state index contributed by atoms with van der Waals surface area (Å²) in [7, 11) is 5.39. The molecule has 0 spiro atoms. The second kappa shape index (κ2) is 41.5. The molecule has 8 heteroatoms. The molecular formula is C51H87NO7. The highest BCUT2D eigenvalue weighted by molar-refractivity contribution is 5.70. The highest BCUT2D eigenvalue weighted by Crippen LogP contribution is 2.13. The van der Waals surface area contributed by atoms with Gasteiger partial charge in [0.15, 0.2) is 6.10 Å². The second-order valence-electron chi connectivity index (χ2n) is 16.7. The van der Waals surface area contributed by atoms with Gasteiger partial charge in [-0.25, -0.2) is 0 Å². The second-order valence-corrected chi connectivity index (χ2v) is 16.7. The molecule has 338 valence electrons. The fraction of sp³-hybridized carbons (Fsp3) is 0.706. The molecule has 0 heterocycles. The predicted octanol–water partition coefficient (Wildman–Crippen LogP) is 11.8. The number of esters is 2. The average Bonchev–Trinajstić information content (AvgIpc) is 3.19. The number of quaternary nitrogens is 1. The van der Waals surface area contributed by atoms with E-state index in [2.05, 4.69) is 80.7 Å². The van der Waals surface area contributed by atoms with Gasteiger partial charge < -0.3 is 28.6 Å². The lowest BCUT2D eigenvalue weighted by Gasteiger charge is -2.34. The summed E-state index contributed by atoms with van der Waals surface area (Å²) >= 11 is 0. The smallest absolute Gasteiger partial charge is 0.306 e. The summed E-state index contributed by atoms with van der Waals surface area (Å²) in [6.45, 7) is 4.56. The van der Waals surface area contributed by atoms with Gasteiger partial charge in [-0.2, -0.15) is 0 Å². The lowest BCUT2D eigenvalue weighted by atomic mass is 10.1. The molecule has 0 aromatic heterocycles. The largest absolute Gasteiger partial charge is 0.544 e. The van der Waals surface area contributed by atoms with E-state index in [4.69, 9.17) is 14.2 Å². The maximum atomic E-state index is 12.7. The molecule has 0 rings (SSSR count). The van der Waals surface area contributed by atoms with Gasteiger partial charge in [-0.1, -0.05) is 164 Å². The number of hydrogen-bond acceptors (Lipinski definition) is 7. The summed E-state index contributed by atoms with van der Waals surface area (Å²) in [4.78, 5) is 36.9. The lowest BCUT2D eigenvalue weighted by Crippen LogP contribution is -2.55. The SMILES string of the molecule is CCCCC/C=C/C=C/C=C/C=C/CCCCCCCC(=O)OC(COCCC(C(=O)[O-])[N+](C)(C)C)COC(=O)CCCCCCCCC/C=C/C/C=C/CCCCC. The van der Waals surface area contributed by atoms with E-state index in [-0.39, 0.29) is 42.7 Å². The Balaban J connectivity index is 4.39. The van der Waals surface area contributed by atoms with E-state index in [1.54, 1.807) is 21.1 Å². The van der Waals surface area contributed by atoms with Crippen LogP contribution in [0.5, 0.6) is 0 Å². The van der Waals surface area contributed by atoms with Crippen molar-refractivity contribution in [1.82, 2.24) is 0 Å². The van der Waals surface area contributed by atoms with Crippen LogP contribution < -0.4 is 5.11 Å². The zero-order chi connectivity index (χ0) is 43.5. The molecule has 0 aromatic rings. The first kappa shape index (κ1) is 55.8. The Morgan fingerprint density at radius 1 is 0.525 bits per heavy atom. The van der Waals surface area contributed by atoms with Crippen LogP contribution in [0.4, 0.5) is 0 Å². The lowest BCUT2D eigenvalue weighted by molar-refractivity contribution is -0.889. The molecule has 0 N–H and O–H groups in total. The van der Waals surface area contributed by atoms with Gasteiger partial charge in [0.05, 0.1) is 40.3 Å². The summed E-state index contributed by atoms with van der Waals surface area (Å²) in [5.74, 6) is -1.78. The van der Waals surface area contributed by atoms with Crippen LogP contribution in [-0.4, -0.2) is 75.5 Å². The maximum Gasteiger partial charge on any atom is 0.306 e. The van der Waals surface area contributed by atoms with Gasteiger partial charge in [0, 0.05) is 19.3 Å².